The normalized spacial score (nSPS) is 15.1. The van der Waals surface area contributed by atoms with Gasteiger partial charge in [0.25, 0.3) is 11.8 Å². The lowest BCUT2D eigenvalue weighted by Crippen LogP contribution is -2.21. The summed E-state index contributed by atoms with van der Waals surface area (Å²) in [5, 5.41) is 5.92. The van der Waals surface area contributed by atoms with Crippen molar-refractivity contribution >= 4 is 23.2 Å². The van der Waals surface area contributed by atoms with Gasteiger partial charge in [0.15, 0.2) is 0 Å². The summed E-state index contributed by atoms with van der Waals surface area (Å²) in [6, 6.07) is 16.6. The molecule has 3 aromatic carbocycles. The molecule has 1 saturated heterocycles. The molecule has 0 aliphatic carbocycles. The topological polar surface area (TPSA) is 70.7 Å². The van der Waals surface area contributed by atoms with Crippen molar-refractivity contribution in [1.82, 2.24) is 4.90 Å². The van der Waals surface area contributed by atoms with E-state index in [1.807, 2.05) is 24.3 Å². The molecule has 0 atom stereocenters. The average molecular weight is 502 g/mol. The Morgan fingerprint density at radius 2 is 1.62 bits per heavy atom. The van der Waals surface area contributed by atoms with Gasteiger partial charge in [-0.25, -0.2) is 4.39 Å². The molecule has 6 nitrogen and oxygen atoms in total. The number of halogens is 1. The van der Waals surface area contributed by atoms with Crippen molar-refractivity contribution in [3.63, 3.8) is 0 Å². The highest BCUT2D eigenvalue weighted by Crippen LogP contribution is 2.28. The van der Waals surface area contributed by atoms with Crippen LogP contribution in [-0.4, -0.2) is 43.0 Å². The van der Waals surface area contributed by atoms with Gasteiger partial charge in [0.05, 0.1) is 6.61 Å². The van der Waals surface area contributed by atoms with Crippen LogP contribution in [-0.2, 0) is 12.8 Å². The molecule has 0 saturated carbocycles. The Hall–Kier alpha value is -3.71. The monoisotopic (exact) mass is 501 g/mol. The number of benzene rings is 3. The largest absolute Gasteiger partial charge is 0.493 e. The van der Waals surface area contributed by atoms with Crippen molar-refractivity contribution in [3.05, 3.63) is 88.7 Å². The molecular weight excluding hydrogens is 469 g/mol. The molecule has 0 bridgehead atoms. The van der Waals surface area contributed by atoms with Gasteiger partial charge >= 0.3 is 0 Å². The summed E-state index contributed by atoms with van der Waals surface area (Å²) < 4.78 is 19.0. The standard InChI is InChI=1S/C30H32FN3O3/c31-25-12-9-23(10-13-25)29(35)33-27-20-26(14-11-21(27)5-3-17-34-15-1-2-16-34)32-30(36)24-8-7-22-6-4-18-37-28(22)19-24/h7-14,19-20H,1-6,15-18H2,(H,32,36)(H,33,35). The average Bonchev–Trinajstić information content (AvgIpc) is 3.43. The molecule has 2 aliphatic heterocycles. The van der Waals surface area contributed by atoms with Gasteiger partial charge in [-0.1, -0.05) is 12.1 Å². The number of hydrogen-bond donors (Lipinski definition) is 2. The first kappa shape index (κ1) is 25.0. The number of carbonyl (C=O) groups excluding carboxylic acids is 2. The van der Waals surface area contributed by atoms with E-state index >= 15 is 0 Å². The lowest BCUT2D eigenvalue weighted by Gasteiger charge is -2.18. The number of rotatable bonds is 8. The summed E-state index contributed by atoms with van der Waals surface area (Å²) in [5.41, 5.74) is 4.23. The highest BCUT2D eigenvalue weighted by molar-refractivity contribution is 6.07. The number of carbonyl (C=O) groups is 2. The first-order valence-corrected chi connectivity index (χ1v) is 13.0. The molecule has 1 fully saturated rings. The van der Waals surface area contributed by atoms with Crippen LogP contribution in [0, 0.1) is 5.82 Å². The van der Waals surface area contributed by atoms with Gasteiger partial charge in [0, 0.05) is 22.5 Å². The van der Waals surface area contributed by atoms with Gasteiger partial charge in [0.1, 0.15) is 11.6 Å². The van der Waals surface area contributed by atoms with Crippen LogP contribution in [0.4, 0.5) is 15.8 Å². The number of likely N-dealkylation sites (tertiary alicyclic amines) is 1. The quantitative estimate of drug-likeness (QED) is 0.416. The molecule has 2 aliphatic rings. The summed E-state index contributed by atoms with van der Waals surface area (Å²) in [4.78, 5) is 28.4. The third-order valence-corrected chi connectivity index (χ3v) is 7.02. The summed E-state index contributed by atoms with van der Waals surface area (Å²) in [6.07, 6.45) is 6.21. The summed E-state index contributed by atoms with van der Waals surface area (Å²) in [6.45, 7) is 3.97. The number of anilines is 2. The van der Waals surface area contributed by atoms with Crippen LogP contribution in [0.15, 0.2) is 60.7 Å². The third-order valence-electron chi connectivity index (χ3n) is 7.02. The van der Waals surface area contributed by atoms with E-state index in [-0.39, 0.29) is 11.8 Å². The Morgan fingerprint density at radius 3 is 2.43 bits per heavy atom. The summed E-state index contributed by atoms with van der Waals surface area (Å²) in [7, 11) is 0. The van der Waals surface area contributed by atoms with Crippen molar-refractivity contribution in [2.24, 2.45) is 0 Å². The maximum atomic E-state index is 13.3. The maximum Gasteiger partial charge on any atom is 0.255 e. The number of hydrogen-bond acceptors (Lipinski definition) is 4. The van der Waals surface area contributed by atoms with Crippen LogP contribution in [0.2, 0.25) is 0 Å². The zero-order valence-corrected chi connectivity index (χ0v) is 20.9. The van der Waals surface area contributed by atoms with Crippen molar-refractivity contribution in [2.75, 3.05) is 36.9 Å². The minimum absolute atomic E-state index is 0.241. The second-order valence-electron chi connectivity index (χ2n) is 9.71. The highest BCUT2D eigenvalue weighted by Gasteiger charge is 2.16. The second-order valence-corrected chi connectivity index (χ2v) is 9.71. The predicted octanol–water partition coefficient (Wildman–Crippen LogP) is 5.68. The molecule has 2 N–H and O–H groups in total. The Balaban J connectivity index is 1.32. The van der Waals surface area contributed by atoms with E-state index in [0.29, 0.717) is 29.1 Å². The first-order valence-electron chi connectivity index (χ1n) is 13.0. The van der Waals surface area contributed by atoms with E-state index in [2.05, 4.69) is 15.5 Å². The van der Waals surface area contributed by atoms with Gasteiger partial charge in [-0.05, 0) is 118 Å². The Bertz CT molecular complexity index is 1270. The second kappa shape index (κ2) is 11.6. The fraction of sp³-hybridized carbons (Fsp3) is 0.333. The SMILES string of the molecule is O=C(Nc1ccc(CCCN2CCCC2)c(NC(=O)c2ccc(F)cc2)c1)c1ccc2c(c1)OCCC2. The van der Waals surface area contributed by atoms with E-state index in [1.165, 1.54) is 37.1 Å². The van der Waals surface area contributed by atoms with E-state index in [4.69, 9.17) is 4.74 Å². The number of fused-ring (bicyclic) bond motifs is 1. The van der Waals surface area contributed by atoms with E-state index in [0.717, 1.165) is 62.2 Å². The molecule has 0 radical (unpaired) electrons. The van der Waals surface area contributed by atoms with Crippen molar-refractivity contribution in [3.8, 4) is 5.75 Å². The summed E-state index contributed by atoms with van der Waals surface area (Å²) in [5.74, 6) is -0.193. The van der Waals surface area contributed by atoms with Crippen molar-refractivity contribution in [1.29, 1.82) is 0 Å². The minimum atomic E-state index is -0.392. The van der Waals surface area contributed by atoms with Gasteiger partial charge in [-0.2, -0.15) is 0 Å². The molecule has 0 unspecified atom stereocenters. The first-order chi connectivity index (χ1) is 18.0. The van der Waals surface area contributed by atoms with E-state index in [9.17, 15) is 14.0 Å². The fourth-order valence-corrected chi connectivity index (χ4v) is 4.97. The molecule has 0 aromatic heterocycles. The van der Waals surface area contributed by atoms with Crippen molar-refractivity contribution in [2.45, 2.75) is 38.5 Å². The van der Waals surface area contributed by atoms with Gasteiger partial charge in [-0.15, -0.1) is 0 Å². The number of amides is 2. The molecule has 7 heteroatoms. The van der Waals surface area contributed by atoms with Gasteiger partial charge < -0.3 is 20.3 Å². The number of nitrogens with zero attached hydrogens (tertiary/aromatic N) is 1. The van der Waals surface area contributed by atoms with Crippen LogP contribution >= 0.6 is 0 Å². The smallest absolute Gasteiger partial charge is 0.255 e. The fourth-order valence-electron chi connectivity index (χ4n) is 4.97. The van der Waals surface area contributed by atoms with E-state index in [1.54, 1.807) is 12.1 Å². The third kappa shape index (κ3) is 6.35. The molecule has 0 spiro atoms. The zero-order chi connectivity index (χ0) is 25.6. The predicted molar refractivity (Wildman–Crippen MR) is 143 cm³/mol. The molecular formula is C30H32FN3O3. The maximum absolute atomic E-state index is 13.3. The molecule has 5 rings (SSSR count). The summed E-state index contributed by atoms with van der Waals surface area (Å²) >= 11 is 0. The van der Waals surface area contributed by atoms with Crippen LogP contribution in [0.3, 0.4) is 0 Å². The van der Waals surface area contributed by atoms with Crippen LogP contribution < -0.4 is 15.4 Å². The van der Waals surface area contributed by atoms with Gasteiger partial charge in [0.2, 0.25) is 0 Å². The number of ether oxygens (including phenoxy) is 1. The highest BCUT2D eigenvalue weighted by atomic mass is 19.1. The van der Waals surface area contributed by atoms with Crippen LogP contribution in [0.25, 0.3) is 0 Å². The Kier molecular flexibility index (Phi) is 7.80. The molecule has 37 heavy (non-hydrogen) atoms. The lowest BCUT2D eigenvalue weighted by atomic mass is 10.0. The molecule has 192 valence electrons. The zero-order valence-electron chi connectivity index (χ0n) is 20.9. The molecule has 2 amide bonds. The van der Waals surface area contributed by atoms with Gasteiger partial charge in [-0.3, -0.25) is 9.59 Å². The van der Waals surface area contributed by atoms with Crippen LogP contribution in [0.5, 0.6) is 5.75 Å². The molecule has 3 aromatic rings. The Labute approximate surface area is 216 Å². The van der Waals surface area contributed by atoms with Crippen LogP contribution in [0.1, 0.15) is 57.5 Å². The number of aryl methyl sites for hydroxylation is 2. The lowest BCUT2D eigenvalue weighted by molar-refractivity contribution is 0.101. The molecule has 2 heterocycles. The van der Waals surface area contributed by atoms with Crippen molar-refractivity contribution < 1.29 is 18.7 Å². The Morgan fingerprint density at radius 1 is 0.865 bits per heavy atom. The minimum Gasteiger partial charge on any atom is -0.493 e. The number of nitrogens with one attached hydrogen (secondary N) is 2. The van der Waals surface area contributed by atoms with E-state index < -0.39 is 5.82 Å².